The van der Waals surface area contributed by atoms with Gasteiger partial charge in [0.15, 0.2) is 5.50 Å². The smallest absolute Gasteiger partial charge is 0.417 e. The van der Waals surface area contributed by atoms with E-state index in [2.05, 4.69) is 25.8 Å². The summed E-state index contributed by atoms with van der Waals surface area (Å²) >= 11 is 4.74. The fraction of sp³-hybridized carbons (Fsp3) is 0.439. The van der Waals surface area contributed by atoms with E-state index in [1.807, 2.05) is 25.1 Å². The summed E-state index contributed by atoms with van der Waals surface area (Å²) < 4.78 is 47.7. The van der Waals surface area contributed by atoms with Gasteiger partial charge in [-0.15, -0.1) is 12.6 Å². The van der Waals surface area contributed by atoms with E-state index in [1.165, 1.54) is 11.0 Å². The molecule has 0 aromatic heterocycles. The lowest BCUT2D eigenvalue weighted by atomic mass is 10.0. The van der Waals surface area contributed by atoms with Crippen molar-refractivity contribution in [2.75, 3.05) is 66.3 Å². The maximum Gasteiger partial charge on any atom is 0.417 e. The third-order valence-electron chi connectivity index (χ3n) is 10.6. The molecular weight excluding hydrogens is 774 g/mol. The maximum atomic E-state index is 13.8. The zero-order chi connectivity index (χ0) is 41.8. The second-order valence-corrected chi connectivity index (χ2v) is 15.5. The molecule has 0 spiro atoms. The van der Waals surface area contributed by atoms with E-state index < -0.39 is 40.3 Å². The van der Waals surface area contributed by atoms with E-state index in [-0.39, 0.29) is 36.4 Å². The minimum Gasteiger partial charge on any atom is -0.492 e. The zero-order valence-corrected chi connectivity index (χ0v) is 33.5. The molecule has 3 aliphatic heterocycles. The number of thiol groups is 1. The number of hydrogen-bond acceptors (Lipinski definition) is 11. The Morgan fingerprint density at radius 2 is 1.71 bits per heavy atom. The number of alkyl halides is 3. The normalized spacial score (nSPS) is 20.1. The van der Waals surface area contributed by atoms with Crippen molar-refractivity contribution < 1.29 is 37.1 Å². The molecule has 3 fully saturated rings. The first-order valence-electron chi connectivity index (χ1n) is 19.2. The van der Waals surface area contributed by atoms with Crippen molar-refractivity contribution >= 4 is 59.0 Å². The first kappa shape index (κ1) is 42.3. The van der Waals surface area contributed by atoms with Gasteiger partial charge in [0.2, 0.25) is 17.7 Å². The Morgan fingerprint density at radius 1 is 1.00 bits per heavy atom. The van der Waals surface area contributed by atoms with Gasteiger partial charge in [-0.3, -0.25) is 39.2 Å². The van der Waals surface area contributed by atoms with Crippen molar-refractivity contribution in [2.24, 2.45) is 0 Å². The molecule has 6 rings (SSSR count). The summed E-state index contributed by atoms with van der Waals surface area (Å²) in [6.07, 6.45) is -2.59. The van der Waals surface area contributed by atoms with Crippen LogP contribution < -0.4 is 30.5 Å². The number of carbonyl (C=O) groups is 4. The molecule has 0 bridgehead atoms. The number of nitrogens with one attached hydrogen (secondary N) is 3. The molecule has 2 unspecified atom stereocenters. The molecule has 3 N–H and O–H groups in total. The highest BCUT2D eigenvalue weighted by molar-refractivity contribution is 7.81. The van der Waals surface area contributed by atoms with Gasteiger partial charge in [0, 0.05) is 61.9 Å². The number of ether oxygens (including phenoxy) is 1. The molecule has 0 radical (unpaired) electrons. The fourth-order valence-electron chi connectivity index (χ4n) is 7.53. The first-order chi connectivity index (χ1) is 27.6. The molecule has 58 heavy (non-hydrogen) atoms. The summed E-state index contributed by atoms with van der Waals surface area (Å²) in [4.78, 5) is 57.6. The molecule has 3 aromatic carbocycles. The van der Waals surface area contributed by atoms with Crippen molar-refractivity contribution in [3.05, 3.63) is 77.4 Å². The van der Waals surface area contributed by atoms with Gasteiger partial charge in [-0.2, -0.15) is 18.4 Å². The van der Waals surface area contributed by atoms with Gasteiger partial charge in [-0.05, 0) is 86.8 Å². The summed E-state index contributed by atoms with van der Waals surface area (Å²) in [6.45, 7) is 9.69. The molecule has 13 nitrogen and oxygen atoms in total. The van der Waals surface area contributed by atoms with Gasteiger partial charge in [0.25, 0.3) is 5.91 Å². The highest BCUT2D eigenvalue weighted by Gasteiger charge is 2.52. The van der Waals surface area contributed by atoms with E-state index >= 15 is 0 Å². The minimum atomic E-state index is -4.78. The lowest BCUT2D eigenvalue weighted by Gasteiger charge is -2.34. The van der Waals surface area contributed by atoms with E-state index in [9.17, 15) is 37.6 Å². The van der Waals surface area contributed by atoms with Gasteiger partial charge < -0.3 is 20.3 Å². The molecule has 0 aliphatic carbocycles. The third kappa shape index (κ3) is 9.52. The summed E-state index contributed by atoms with van der Waals surface area (Å²) in [7, 11) is 0. The Bertz CT molecular complexity index is 2080. The lowest BCUT2D eigenvalue weighted by Crippen LogP contribution is -2.49. The monoisotopic (exact) mass is 820 g/mol. The van der Waals surface area contributed by atoms with E-state index in [0.717, 1.165) is 37.2 Å². The molecule has 4 amide bonds. The number of halogens is 3. The van der Waals surface area contributed by atoms with Crippen LogP contribution in [0.3, 0.4) is 0 Å². The summed E-state index contributed by atoms with van der Waals surface area (Å²) in [6, 6.07) is 17.0. The van der Waals surface area contributed by atoms with Crippen molar-refractivity contribution in [1.29, 1.82) is 5.26 Å². The van der Waals surface area contributed by atoms with Crippen LogP contribution in [0, 0.1) is 11.3 Å². The number of nitriles is 1. The predicted molar refractivity (Wildman–Crippen MR) is 217 cm³/mol. The lowest BCUT2D eigenvalue weighted by molar-refractivity contribution is -0.138. The predicted octanol–water partition coefficient (Wildman–Crippen LogP) is 5.23. The second-order valence-electron chi connectivity index (χ2n) is 15.1. The van der Waals surface area contributed by atoms with E-state index in [0.29, 0.717) is 61.9 Å². The fourth-order valence-corrected chi connectivity index (χ4v) is 8.19. The van der Waals surface area contributed by atoms with E-state index in [4.69, 9.17) is 17.4 Å². The van der Waals surface area contributed by atoms with Crippen LogP contribution in [0.25, 0.3) is 0 Å². The number of hydrogen-bond donors (Lipinski definition) is 4. The zero-order valence-electron chi connectivity index (χ0n) is 32.6. The van der Waals surface area contributed by atoms with Crippen molar-refractivity contribution in [2.45, 2.75) is 69.7 Å². The number of piperidine rings is 1. The average molecular weight is 821 g/mol. The number of benzene rings is 3. The number of amides is 4. The topological polar surface area (TPSA) is 150 Å². The second kappa shape index (κ2) is 17.7. The third-order valence-corrected chi connectivity index (χ3v) is 11.0. The summed E-state index contributed by atoms with van der Waals surface area (Å²) in [5.41, 5.74) is -0.876. The molecule has 2 atom stereocenters. The summed E-state index contributed by atoms with van der Waals surface area (Å²) in [5.74, 6) is -0.527. The number of aryl methyl sites for hydroxylation is 1. The Kier molecular flexibility index (Phi) is 12.9. The van der Waals surface area contributed by atoms with Gasteiger partial charge in [-0.25, -0.2) is 0 Å². The molecule has 3 saturated heterocycles. The number of carbonyl (C=O) groups excluding carboxylic acids is 4. The number of imide groups is 1. The highest BCUT2D eigenvalue weighted by Crippen LogP contribution is 2.43. The van der Waals surface area contributed by atoms with Crippen LogP contribution >= 0.6 is 12.6 Å². The minimum absolute atomic E-state index is 0.00593. The Morgan fingerprint density at radius 3 is 2.40 bits per heavy atom. The SMILES string of the molecule is CCCc1cc(N2C(S)N(c3ccc(C#N)c(C(F)(F)F)c3)C(=O)C2(C)C)ccc1OCCN1CCN(CC(=O)Nc2cccc(NC3CCC(=O)NC3=O)c2)CC1. The van der Waals surface area contributed by atoms with Crippen molar-refractivity contribution in [3.8, 4) is 11.8 Å². The number of piperazine rings is 1. The first-order valence-corrected chi connectivity index (χ1v) is 19.7. The van der Waals surface area contributed by atoms with Crippen LogP contribution in [-0.2, 0) is 31.8 Å². The van der Waals surface area contributed by atoms with Gasteiger partial charge in [-0.1, -0.05) is 19.4 Å². The van der Waals surface area contributed by atoms with Crippen LogP contribution in [0.15, 0.2) is 60.7 Å². The van der Waals surface area contributed by atoms with Gasteiger partial charge in [0.1, 0.15) is 23.9 Å². The number of nitrogens with zero attached hydrogens (tertiary/aromatic N) is 5. The van der Waals surface area contributed by atoms with Gasteiger partial charge >= 0.3 is 6.18 Å². The number of rotatable bonds is 13. The van der Waals surface area contributed by atoms with Crippen molar-refractivity contribution in [3.63, 3.8) is 0 Å². The molecule has 17 heteroatoms. The molecule has 3 aromatic rings. The Labute approximate surface area is 340 Å². The largest absolute Gasteiger partial charge is 0.492 e. The maximum absolute atomic E-state index is 13.8. The van der Waals surface area contributed by atoms with E-state index in [1.54, 1.807) is 49.1 Å². The van der Waals surface area contributed by atoms with Crippen molar-refractivity contribution in [1.82, 2.24) is 15.1 Å². The van der Waals surface area contributed by atoms with Crippen LogP contribution in [0.2, 0.25) is 0 Å². The van der Waals surface area contributed by atoms with Gasteiger partial charge in [0.05, 0.1) is 23.7 Å². The number of anilines is 4. The van der Waals surface area contributed by atoms with Crippen LogP contribution in [0.1, 0.15) is 56.7 Å². The molecule has 3 heterocycles. The molecule has 0 saturated carbocycles. The molecule has 308 valence electrons. The molecular formula is C41H47F3N8O5S. The van der Waals surface area contributed by atoms with Crippen LogP contribution in [0.5, 0.6) is 5.75 Å². The standard InChI is InChI=1S/C41H47F3N8O5S/c1-4-6-26-21-31(52-39(58)51(38(56)40(52,2)3)30-10-9-27(24-45)32(23-30)41(42,43)44)11-13-34(26)57-20-19-49-15-17-50(18-16-49)25-36(54)47-29-8-5-7-28(22-29)46-33-12-14-35(53)48-37(33)55/h5,7-11,13,21-23,33,39,46,58H,4,6,12,14-20,25H2,1-3H3,(H,47,54)(H,48,53,55). The van der Waals surface area contributed by atoms with Crippen LogP contribution in [0.4, 0.5) is 35.9 Å². The average Bonchev–Trinajstić information content (AvgIpc) is 3.35. The summed E-state index contributed by atoms with van der Waals surface area (Å²) in [5, 5.41) is 17.6. The Hall–Kier alpha value is -5.31. The molecule has 3 aliphatic rings. The Balaban J connectivity index is 1.01. The highest BCUT2D eigenvalue weighted by atomic mass is 32.1. The quantitative estimate of drug-likeness (QED) is 0.134. The van der Waals surface area contributed by atoms with Crippen LogP contribution in [-0.4, -0.2) is 96.4 Å².